The van der Waals surface area contributed by atoms with E-state index in [0.29, 0.717) is 11.6 Å². The molecule has 6 nitrogen and oxygen atoms in total. The molecule has 1 unspecified atom stereocenters. The van der Waals surface area contributed by atoms with Crippen LogP contribution < -0.4 is 16.1 Å². The first-order chi connectivity index (χ1) is 13.6. The molecule has 0 aliphatic carbocycles. The van der Waals surface area contributed by atoms with Gasteiger partial charge in [0.15, 0.2) is 5.11 Å². The minimum Gasteiger partial charge on any atom is -0.375 e. The molecule has 0 radical (unpaired) electrons. The molecule has 1 saturated heterocycles. The second-order valence-electron chi connectivity index (χ2n) is 6.73. The third-order valence-corrected chi connectivity index (χ3v) is 5.11. The number of hydrazone groups is 1. The average Bonchev–Trinajstić information content (AvgIpc) is 2.73. The summed E-state index contributed by atoms with van der Waals surface area (Å²) in [7, 11) is 0. The summed E-state index contributed by atoms with van der Waals surface area (Å²) >= 11 is 4.71. The molecule has 28 heavy (non-hydrogen) atoms. The van der Waals surface area contributed by atoms with Crippen molar-refractivity contribution in [2.24, 2.45) is 10.8 Å². The van der Waals surface area contributed by atoms with Crippen LogP contribution in [0.4, 0.5) is 5.69 Å². The van der Waals surface area contributed by atoms with Crippen molar-refractivity contribution in [1.29, 1.82) is 5.26 Å². The van der Waals surface area contributed by atoms with Crippen molar-refractivity contribution in [1.82, 2.24) is 10.3 Å². The van der Waals surface area contributed by atoms with Gasteiger partial charge in [0.2, 0.25) is 0 Å². The number of thiocarbonyl (C=S) groups is 1. The van der Waals surface area contributed by atoms with Gasteiger partial charge in [-0.2, -0.15) is 10.4 Å². The maximum atomic E-state index is 9.59. The molecule has 1 heterocycles. The minimum absolute atomic E-state index is 0.107. The van der Waals surface area contributed by atoms with Gasteiger partial charge >= 0.3 is 0 Å². The lowest BCUT2D eigenvalue weighted by molar-refractivity contribution is 0.198. The number of rotatable bonds is 5. The SMILES string of the molecule is CC(c1ccccc1)N1CCN(c2ccc(/C=N/NC(N)=S)cc2C#N)CC1. The van der Waals surface area contributed by atoms with Gasteiger partial charge in [-0.3, -0.25) is 10.3 Å². The van der Waals surface area contributed by atoms with E-state index in [1.54, 1.807) is 6.21 Å². The smallest absolute Gasteiger partial charge is 0.184 e. The lowest BCUT2D eigenvalue weighted by atomic mass is 10.1. The third kappa shape index (κ3) is 4.85. The molecular weight excluding hydrogens is 368 g/mol. The quantitative estimate of drug-likeness (QED) is 0.463. The van der Waals surface area contributed by atoms with Crippen LogP contribution in [0.1, 0.15) is 29.7 Å². The fourth-order valence-electron chi connectivity index (χ4n) is 3.46. The Labute approximate surface area is 171 Å². The van der Waals surface area contributed by atoms with Gasteiger partial charge < -0.3 is 10.6 Å². The molecule has 1 atom stereocenters. The molecule has 2 aromatic rings. The number of nitrogens with one attached hydrogen (secondary N) is 1. The molecular formula is C21H24N6S. The first-order valence-electron chi connectivity index (χ1n) is 9.25. The number of nitrogens with two attached hydrogens (primary N) is 1. The summed E-state index contributed by atoms with van der Waals surface area (Å²) in [6.07, 6.45) is 1.60. The highest BCUT2D eigenvalue weighted by molar-refractivity contribution is 7.80. The zero-order chi connectivity index (χ0) is 19.9. The van der Waals surface area contributed by atoms with Crippen molar-refractivity contribution in [3.63, 3.8) is 0 Å². The summed E-state index contributed by atoms with van der Waals surface area (Å²) in [5, 5.41) is 13.6. The Morgan fingerprint density at radius 2 is 1.93 bits per heavy atom. The molecule has 1 fully saturated rings. The highest BCUT2D eigenvalue weighted by Gasteiger charge is 2.23. The summed E-state index contributed by atoms with van der Waals surface area (Å²) in [6, 6.07) is 19.0. The number of benzene rings is 2. The van der Waals surface area contributed by atoms with E-state index in [1.807, 2.05) is 24.3 Å². The van der Waals surface area contributed by atoms with Gasteiger partial charge in [-0.25, -0.2) is 0 Å². The fraction of sp³-hybridized carbons (Fsp3) is 0.286. The van der Waals surface area contributed by atoms with E-state index >= 15 is 0 Å². The Morgan fingerprint density at radius 1 is 1.21 bits per heavy atom. The summed E-state index contributed by atoms with van der Waals surface area (Å²) in [4.78, 5) is 4.77. The summed E-state index contributed by atoms with van der Waals surface area (Å²) < 4.78 is 0. The summed E-state index contributed by atoms with van der Waals surface area (Å²) in [5.74, 6) is 0. The van der Waals surface area contributed by atoms with E-state index in [1.165, 1.54) is 5.56 Å². The Kier molecular flexibility index (Phi) is 6.58. The third-order valence-electron chi connectivity index (χ3n) is 5.01. The first-order valence-corrected chi connectivity index (χ1v) is 9.66. The number of nitrogens with zero attached hydrogens (tertiary/aromatic N) is 4. The van der Waals surface area contributed by atoms with Crippen molar-refractivity contribution in [3.8, 4) is 6.07 Å². The van der Waals surface area contributed by atoms with Crippen LogP contribution in [0.3, 0.4) is 0 Å². The molecule has 0 saturated carbocycles. The highest BCUT2D eigenvalue weighted by atomic mass is 32.1. The van der Waals surface area contributed by atoms with Gasteiger partial charge in [-0.1, -0.05) is 36.4 Å². The van der Waals surface area contributed by atoms with Crippen molar-refractivity contribution in [2.75, 3.05) is 31.1 Å². The average molecular weight is 393 g/mol. The number of nitriles is 1. The lowest BCUT2D eigenvalue weighted by Gasteiger charge is -2.39. The van der Waals surface area contributed by atoms with E-state index in [0.717, 1.165) is 37.4 Å². The molecule has 0 spiro atoms. The molecule has 0 amide bonds. The van der Waals surface area contributed by atoms with Gasteiger partial charge in [0.1, 0.15) is 6.07 Å². The van der Waals surface area contributed by atoms with Crippen molar-refractivity contribution < 1.29 is 0 Å². The first kappa shape index (κ1) is 19.8. The second kappa shape index (κ2) is 9.31. The van der Waals surface area contributed by atoms with Crippen molar-refractivity contribution in [3.05, 3.63) is 65.2 Å². The predicted molar refractivity (Wildman–Crippen MR) is 117 cm³/mol. The lowest BCUT2D eigenvalue weighted by Crippen LogP contribution is -2.47. The molecule has 3 N–H and O–H groups in total. The number of hydrogen-bond donors (Lipinski definition) is 2. The van der Waals surface area contributed by atoms with Crippen molar-refractivity contribution >= 4 is 29.2 Å². The summed E-state index contributed by atoms with van der Waals surface area (Å²) in [6.45, 7) is 5.95. The maximum absolute atomic E-state index is 9.59. The van der Waals surface area contributed by atoms with Crippen LogP contribution >= 0.6 is 12.2 Å². The zero-order valence-corrected chi connectivity index (χ0v) is 16.7. The van der Waals surface area contributed by atoms with Gasteiger partial charge in [0.05, 0.1) is 17.5 Å². The van der Waals surface area contributed by atoms with E-state index < -0.39 is 0 Å². The normalized spacial score (nSPS) is 15.9. The zero-order valence-electron chi connectivity index (χ0n) is 15.9. The van der Waals surface area contributed by atoms with Crippen LogP contribution in [-0.4, -0.2) is 42.4 Å². The molecule has 2 aromatic carbocycles. The molecule has 7 heteroatoms. The second-order valence-corrected chi connectivity index (χ2v) is 7.17. The van der Waals surface area contributed by atoms with E-state index in [-0.39, 0.29) is 5.11 Å². The van der Waals surface area contributed by atoms with Crippen LogP contribution in [-0.2, 0) is 0 Å². The number of piperazine rings is 1. The molecule has 1 aliphatic heterocycles. The molecule has 144 valence electrons. The largest absolute Gasteiger partial charge is 0.375 e. The van der Waals surface area contributed by atoms with Crippen LogP contribution in [0.25, 0.3) is 0 Å². The Hall–Kier alpha value is -2.95. The van der Waals surface area contributed by atoms with Crippen LogP contribution in [0.2, 0.25) is 0 Å². The summed E-state index contributed by atoms with van der Waals surface area (Å²) in [5.41, 5.74) is 11.6. The van der Waals surface area contributed by atoms with E-state index in [2.05, 4.69) is 57.6 Å². The van der Waals surface area contributed by atoms with Gasteiger partial charge in [0.25, 0.3) is 0 Å². The Balaban J connectivity index is 1.66. The van der Waals surface area contributed by atoms with Crippen LogP contribution in [0.5, 0.6) is 0 Å². The van der Waals surface area contributed by atoms with Gasteiger partial charge in [-0.05, 0) is 42.4 Å². The van der Waals surface area contributed by atoms with E-state index in [9.17, 15) is 5.26 Å². The van der Waals surface area contributed by atoms with Crippen LogP contribution in [0.15, 0.2) is 53.6 Å². The molecule has 0 bridgehead atoms. The Bertz CT molecular complexity index is 882. The molecule has 1 aliphatic rings. The number of anilines is 1. The van der Waals surface area contributed by atoms with Gasteiger partial charge in [-0.15, -0.1) is 0 Å². The predicted octanol–water partition coefficient (Wildman–Crippen LogP) is 2.61. The Morgan fingerprint density at radius 3 is 2.57 bits per heavy atom. The molecule has 3 rings (SSSR count). The topological polar surface area (TPSA) is 80.7 Å². The maximum Gasteiger partial charge on any atom is 0.184 e. The van der Waals surface area contributed by atoms with Crippen molar-refractivity contribution in [2.45, 2.75) is 13.0 Å². The highest BCUT2D eigenvalue weighted by Crippen LogP contribution is 2.26. The van der Waals surface area contributed by atoms with Crippen LogP contribution in [0, 0.1) is 11.3 Å². The fourth-order valence-corrected chi connectivity index (χ4v) is 3.51. The standard InChI is InChI=1S/C21H24N6S/c1-16(18-5-3-2-4-6-18)26-9-11-27(12-10-26)20-8-7-17(13-19(20)14-22)15-24-25-21(23)28/h2-8,13,15-16H,9-12H2,1H3,(H3,23,25,28)/b24-15+. The monoisotopic (exact) mass is 392 g/mol. The minimum atomic E-state index is 0.107. The van der Waals surface area contributed by atoms with E-state index in [4.69, 9.17) is 18.0 Å². The van der Waals surface area contributed by atoms with Gasteiger partial charge in [0, 0.05) is 32.2 Å². The number of hydrogen-bond acceptors (Lipinski definition) is 5. The molecule has 0 aromatic heterocycles.